The van der Waals surface area contributed by atoms with E-state index in [0.29, 0.717) is 11.3 Å². The molecule has 0 N–H and O–H groups in total. The third-order valence-electron chi connectivity index (χ3n) is 2.95. The van der Waals surface area contributed by atoms with Gasteiger partial charge in [-0.05, 0) is 35.2 Å². The summed E-state index contributed by atoms with van der Waals surface area (Å²) in [4.78, 5) is 10.7. The first-order chi connectivity index (χ1) is 8.99. The summed E-state index contributed by atoms with van der Waals surface area (Å²) in [6.45, 7) is 6.53. The Morgan fingerprint density at radius 1 is 0.947 bits per heavy atom. The van der Waals surface area contributed by atoms with Gasteiger partial charge in [0.2, 0.25) is 0 Å². The molecule has 0 bridgehead atoms. The van der Waals surface area contributed by atoms with Crippen LogP contribution in [0, 0.1) is 0 Å². The van der Waals surface area contributed by atoms with Crippen LogP contribution in [-0.4, -0.2) is 6.29 Å². The molecule has 0 aliphatic heterocycles. The molecule has 2 rings (SSSR count). The molecule has 98 valence electrons. The van der Waals surface area contributed by atoms with E-state index < -0.39 is 0 Å². The molecule has 0 fully saturated rings. The lowest BCUT2D eigenvalue weighted by Gasteiger charge is -2.19. The molecule has 0 aliphatic carbocycles. The van der Waals surface area contributed by atoms with Gasteiger partial charge in [-0.15, -0.1) is 0 Å². The summed E-state index contributed by atoms with van der Waals surface area (Å²) in [5, 5.41) is 0. The highest BCUT2D eigenvalue weighted by molar-refractivity contribution is 5.75. The Balaban J connectivity index is 2.17. The number of carbonyl (C=O) groups excluding carboxylic acids is 1. The van der Waals surface area contributed by atoms with Crippen molar-refractivity contribution in [3.05, 3.63) is 59.7 Å². The first kappa shape index (κ1) is 13.3. The van der Waals surface area contributed by atoms with Crippen molar-refractivity contribution in [2.75, 3.05) is 0 Å². The number of hydrogen-bond acceptors (Lipinski definition) is 2. The maximum Gasteiger partial charge on any atom is 0.150 e. The van der Waals surface area contributed by atoms with E-state index in [0.717, 1.165) is 12.0 Å². The average molecular weight is 254 g/mol. The summed E-state index contributed by atoms with van der Waals surface area (Å²) in [7, 11) is 0. The summed E-state index contributed by atoms with van der Waals surface area (Å²) >= 11 is 0. The minimum atomic E-state index is 0.135. The van der Waals surface area contributed by atoms with Crippen LogP contribution in [0.15, 0.2) is 48.5 Å². The van der Waals surface area contributed by atoms with E-state index in [2.05, 4.69) is 32.9 Å². The van der Waals surface area contributed by atoms with E-state index in [1.807, 2.05) is 24.3 Å². The van der Waals surface area contributed by atoms with Gasteiger partial charge in [-0.1, -0.05) is 45.0 Å². The van der Waals surface area contributed by atoms with Crippen LogP contribution in [0.2, 0.25) is 0 Å². The van der Waals surface area contributed by atoms with Gasteiger partial charge in [0.05, 0.1) is 0 Å². The Hall–Kier alpha value is -2.09. The van der Waals surface area contributed by atoms with Crippen molar-refractivity contribution >= 4 is 6.29 Å². The molecule has 0 radical (unpaired) electrons. The van der Waals surface area contributed by atoms with Crippen molar-refractivity contribution in [1.82, 2.24) is 0 Å². The maximum atomic E-state index is 10.7. The zero-order chi connectivity index (χ0) is 13.9. The van der Waals surface area contributed by atoms with E-state index in [-0.39, 0.29) is 5.41 Å². The minimum Gasteiger partial charge on any atom is -0.457 e. The van der Waals surface area contributed by atoms with E-state index in [1.165, 1.54) is 5.56 Å². The molecule has 19 heavy (non-hydrogen) atoms. The highest BCUT2D eigenvalue weighted by atomic mass is 16.5. The lowest BCUT2D eigenvalue weighted by molar-refractivity contribution is 0.112. The van der Waals surface area contributed by atoms with E-state index in [4.69, 9.17) is 4.74 Å². The van der Waals surface area contributed by atoms with Crippen LogP contribution in [0.5, 0.6) is 11.5 Å². The van der Waals surface area contributed by atoms with E-state index in [9.17, 15) is 4.79 Å². The number of benzene rings is 2. The second-order valence-electron chi connectivity index (χ2n) is 5.57. The minimum absolute atomic E-state index is 0.135. The van der Waals surface area contributed by atoms with Crippen molar-refractivity contribution < 1.29 is 9.53 Å². The van der Waals surface area contributed by atoms with Gasteiger partial charge in [0.25, 0.3) is 0 Å². The van der Waals surface area contributed by atoms with Crippen molar-refractivity contribution in [1.29, 1.82) is 0 Å². The van der Waals surface area contributed by atoms with Crippen LogP contribution in [-0.2, 0) is 5.41 Å². The van der Waals surface area contributed by atoms with Crippen LogP contribution in [0.4, 0.5) is 0 Å². The molecule has 0 unspecified atom stereocenters. The monoisotopic (exact) mass is 254 g/mol. The van der Waals surface area contributed by atoms with Crippen LogP contribution in [0.1, 0.15) is 36.7 Å². The average Bonchev–Trinajstić information content (AvgIpc) is 2.38. The molecule has 2 aromatic carbocycles. The zero-order valence-electron chi connectivity index (χ0n) is 11.5. The first-order valence-electron chi connectivity index (χ1n) is 6.33. The number of hydrogen-bond donors (Lipinski definition) is 0. The smallest absolute Gasteiger partial charge is 0.150 e. The van der Waals surface area contributed by atoms with Gasteiger partial charge >= 0.3 is 0 Å². The number of aldehydes is 1. The molecule has 2 aromatic rings. The largest absolute Gasteiger partial charge is 0.457 e. The van der Waals surface area contributed by atoms with Gasteiger partial charge in [-0.25, -0.2) is 0 Å². The van der Waals surface area contributed by atoms with Crippen LogP contribution >= 0.6 is 0 Å². The van der Waals surface area contributed by atoms with Gasteiger partial charge < -0.3 is 4.74 Å². The number of ether oxygens (including phenoxy) is 1. The fourth-order valence-corrected chi connectivity index (χ4v) is 1.81. The Bertz CT molecular complexity index is 563. The molecule has 0 saturated carbocycles. The summed E-state index contributed by atoms with van der Waals surface area (Å²) < 4.78 is 5.73. The highest BCUT2D eigenvalue weighted by Crippen LogP contribution is 2.27. The van der Waals surface area contributed by atoms with Crippen molar-refractivity contribution in [3.63, 3.8) is 0 Å². The van der Waals surface area contributed by atoms with Gasteiger partial charge in [0, 0.05) is 5.56 Å². The maximum absolute atomic E-state index is 10.7. The van der Waals surface area contributed by atoms with Crippen LogP contribution in [0.3, 0.4) is 0 Å². The van der Waals surface area contributed by atoms with E-state index >= 15 is 0 Å². The normalized spacial score (nSPS) is 11.1. The van der Waals surface area contributed by atoms with E-state index in [1.54, 1.807) is 12.1 Å². The molecular formula is C17H18O2. The summed E-state index contributed by atoms with van der Waals surface area (Å²) in [5.74, 6) is 1.45. The first-order valence-corrected chi connectivity index (χ1v) is 6.33. The second kappa shape index (κ2) is 5.27. The molecular weight excluding hydrogens is 236 g/mol. The fraction of sp³-hybridized carbons (Fsp3) is 0.235. The van der Waals surface area contributed by atoms with Crippen LogP contribution < -0.4 is 4.74 Å². The van der Waals surface area contributed by atoms with Gasteiger partial charge in [0.15, 0.2) is 0 Å². The fourth-order valence-electron chi connectivity index (χ4n) is 1.81. The molecule has 0 amide bonds. The van der Waals surface area contributed by atoms with Gasteiger partial charge in [-0.2, -0.15) is 0 Å². The molecule has 0 atom stereocenters. The zero-order valence-corrected chi connectivity index (χ0v) is 11.5. The Morgan fingerprint density at radius 3 is 2.21 bits per heavy atom. The molecule has 0 saturated heterocycles. The quantitative estimate of drug-likeness (QED) is 0.749. The van der Waals surface area contributed by atoms with Crippen LogP contribution in [0.25, 0.3) is 0 Å². The molecule has 2 heteroatoms. The predicted octanol–water partition coefficient (Wildman–Crippen LogP) is 4.59. The Kier molecular flexibility index (Phi) is 3.70. The predicted molar refractivity (Wildman–Crippen MR) is 77.0 cm³/mol. The third-order valence-corrected chi connectivity index (χ3v) is 2.95. The summed E-state index contributed by atoms with van der Waals surface area (Å²) in [5.41, 5.74) is 2.01. The molecule has 0 heterocycles. The van der Waals surface area contributed by atoms with Crippen molar-refractivity contribution in [2.24, 2.45) is 0 Å². The molecule has 2 nitrogen and oxygen atoms in total. The summed E-state index contributed by atoms with van der Waals surface area (Å²) in [6, 6.07) is 15.2. The lowest BCUT2D eigenvalue weighted by atomic mass is 9.87. The number of carbonyl (C=O) groups is 1. The Labute approximate surface area is 114 Å². The molecule has 0 spiro atoms. The highest BCUT2D eigenvalue weighted by Gasteiger charge is 2.13. The van der Waals surface area contributed by atoms with Gasteiger partial charge in [0.1, 0.15) is 17.8 Å². The Morgan fingerprint density at radius 2 is 1.63 bits per heavy atom. The lowest BCUT2D eigenvalue weighted by Crippen LogP contribution is -2.10. The SMILES string of the molecule is CC(C)(C)c1ccc(Oc2cccc(C=O)c2)cc1. The van der Waals surface area contributed by atoms with Crippen molar-refractivity contribution in [2.45, 2.75) is 26.2 Å². The third kappa shape index (κ3) is 3.44. The molecule has 0 aromatic heterocycles. The summed E-state index contributed by atoms with van der Waals surface area (Å²) in [6.07, 6.45) is 0.815. The molecule has 0 aliphatic rings. The number of rotatable bonds is 3. The van der Waals surface area contributed by atoms with Crippen molar-refractivity contribution in [3.8, 4) is 11.5 Å². The topological polar surface area (TPSA) is 26.3 Å². The van der Waals surface area contributed by atoms with Gasteiger partial charge in [-0.3, -0.25) is 4.79 Å². The second-order valence-corrected chi connectivity index (χ2v) is 5.57. The standard InChI is InChI=1S/C17H18O2/c1-17(2,3)14-7-9-15(10-8-14)19-16-6-4-5-13(11-16)12-18/h4-12H,1-3H3.